The van der Waals surface area contributed by atoms with Gasteiger partial charge in [0.05, 0.1) is 12.1 Å². The molecule has 2 amide bonds. The second-order valence-corrected chi connectivity index (χ2v) is 7.87. The maximum atomic E-state index is 13.0. The quantitative estimate of drug-likeness (QED) is 0.675. The summed E-state index contributed by atoms with van der Waals surface area (Å²) in [6.07, 6.45) is 4.23. The van der Waals surface area contributed by atoms with Crippen LogP contribution in [0.2, 0.25) is 0 Å². The topological polar surface area (TPSA) is 65.2 Å². The van der Waals surface area contributed by atoms with Gasteiger partial charge >= 0.3 is 6.03 Å². The van der Waals surface area contributed by atoms with E-state index in [9.17, 15) is 9.59 Å². The highest BCUT2D eigenvalue weighted by Gasteiger charge is 2.27. The molecule has 2 aromatic carbocycles. The monoisotopic (exact) mass is 389 g/mol. The van der Waals surface area contributed by atoms with Crippen LogP contribution in [-0.4, -0.2) is 22.0 Å². The first-order valence-corrected chi connectivity index (χ1v) is 10.3. The van der Waals surface area contributed by atoms with Crippen LogP contribution in [0.4, 0.5) is 4.79 Å². The Labute approximate surface area is 170 Å². The molecule has 1 aliphatic rings. The Morgan fingerprint density at radius 2 is 1.86 bits per heavy atom. The van der Waals surface area contributed by atoms with E-state index in [1.807, 2.05) is 66.4 Å². The van der Waals surface area contributed by atoms with Gasteiger partial charge in [-0.25, -0.2) is 4.79 Å². The zero-order valence-corrected chi connectivity index (χ0v) is 16.8. The number of hydrogen-bond acceptors (Lipinski definition) is 2. The maximum Gasteiger partial charge on any atom is 0.318 e. The van der Waals surface area contributed by atoms with Crippen molar-refractivity contribution in [3.05, 3.63) is 81.6 Å². The number of aryl methyl sites for hydroxylation is 1. The minimum absolute atomic E-state index is 0.107. The third-order valence-electron chi connectivity index (χ3n) is 5.82. The Kier molecular flexibility index (Phi) is 5.65. The van der Waals surface area contributed by atoms with Crippen LogP contribution < -0.4 is 10.9 Å². The molecule has 0 saturated heterocycles. The number of carbonyl (C=O) groups excluding carboxylic acids is 1. The Morgan fingerprint density at radius 3 is 2.62 bits per heavy atom. The summed E-state index contributed by atoms with van der Waals surface area (Å²) in [5.74, 6) is 0. The van der Waals surface area contributed by atoms with E-state index in [2.05, 4.69) is 10.3 Å². The zero-order valence-electron chi connectivity index (χ0n) is 16.8. The minimum atomic E-state index is -0.120. The second-order valence-electron chi connectivity index (χ2n) is 7.87. The van der Waals surface area contributed by atoms with Crippen molar-refractivity contribution in [3.63, 3.8) is 0 Å². The van der Waals surface area contributed by atoms with Crippen LogP contribution in [0.15, 0.2) is 59.4 Å². The van der Waals surface area contributed by atoms with Gasteiger partial charge in [-0.15, -0.1) is 0 Å². The van der Waals surface area contributed by atoms with E-state index in [0.29, 0.717) is 18.7 Å². The summed E-state index contributed by atoms with van der Waals surface area (Å²) in [7, 11) is 0. The smallest absolute Gasteiger partial charge is 0.318 e. The van der Waals surface area contributed by atoms with Gasteiger partial charge < -0.3 is 15.2 Å². The molecule has 0 unspecified atom stereocenters. The third kappa shape index (κ3) is 4.34. The van der Waals surface area contributed by atoms with Gasteiger partial charge in [0.1, 0.15) is 0 Å². The second kappa shape index (κ2) is 8.52. The fourth-order valence-electron chi connectivity index (χ4n) is 4.19. The average Bonchev–Trinajstić information content (AvgIpc) is 3.26. The summed E-state index contributed by atoms with van der Waals surface area (Å²) < 4.78 is 0. The molecule has 3 aromatic rings. The third-order valence-corrected chi connectivity index (χ3v) is 5.82. The average molecular weight is 389 g/mol. The number of H-pyrrole nitrogens is 1. The molecular formula is C24H27N3O2. The fraction of sp³-hybridized carbons (Fsp3) is 0.333. The number of rotatable bonds is 5. The molecular weight excluding hydrogens is 362 g/mol. The lowest BCUT2D eigenvalue weighted by atomic mass is 10.1. The van der Waals surface area contributed by atoms with Crippen LogP contribution in [0.3, 0.4) is 0 Å². The van der Waals surface area contributed by atoms with Crippen molar-refractivity contribution in [2.24, 2.45) is 0 Å². The highest BCUT2D eigenvalue weighted by molar-refractivity contribution is 5.82. The van der Waals surface area contributed by atoms with Crippen LogP contribution in [0.1, 0.15) is 42.4 Å². The molecule has 1 saturated carbocycles. The van der Waals surface area contributed by atoms with Crippen LogP contribution >= 0.6 is 0 Å². The molecule has 0 spiro atoms. The number of pyridine rings is 1. The standard InChI is InChI=1S/C24H27N3O2/c1-17-8-7-11-19-14-20(23(28)26-22(17)19)16-27(21-12-5-6-13-21)24(29)25-15-18-9-3-2-4-10-18/h2-4,7-11,14,21H,5-6,12-13,15-16H2,1H3,(H,25,29)(H,26,28). The fourth-order valence-corrected chi connectivity index (χ4v) is 4.19. The van der Waals surface area contributed by atoms with E-state index in [0.717, 1.165) is 47.7 Å². The number of para-hydroxylation sites is 1. The number of urea groups is 1. The van der Waals surface area contributed by atoms with Gasteiger partial charge in [0.2, 0.25) is 0 Å². The van der Waals surface area contributed by atoms with Crippen molar-refractivity contribution in [1.29, 1.82) is 0 Å². The van der Waals surface area contributed by atoms with Crippen LogP contribution in [0, 0.1) is 6.92 Å². The number of hydrogen-bond donors (Lipinski definition) is 2. The van der Waals surface area contributed by atoms with Crippen LogP contribution in [-0.2, 0) is 13.1 Å². The molecule has 5 heteroatoms. The Balaban J connectivity index is 1.57. The largest absolute Gasteiger partial charge is 0.334 e. The number of amides is 2. The predicted octanol–water partition coefficient (Wildman–Crippen LogP) is 4.49. The van der Waals surface area contributed by atoms with Crippen LogP contribution in [0.25, 0.3) is 10.9 Å². The summed E-state index contributed by atoms with van der Waals surface area (Å²) in [4.78, 5) is 30.6. The van der Waals surface area contributed by atoms with E-state index in [-0.39, 0.29) is 17.6 Å². The number of nitrogens with zero attached hydrogens (tertiary/aromatic N) is 1. The van der Waals surface area contributed by atoms with E-state index >= 15 is 0 Å². The van der Waals surface area contributed by atoms with Gasteiger partial charge in [0.15, 0.2) is 0 Å². The molecule has 0 aliphatic heterocycles. The summed E-state index contributed by atoms with van der Waals surface area (Å²) in [5, 5.41) is 4.03. The molecule has 1 heterocycles. The predicted molar refractivity (Wildman–Crippen MR) is 116 cm³/mol. The van der Waals surface area contributed by atoms with Gasteiger partial charge in [0.25, 0.3) is 5.56 Å². The van der Waals surface area contributed by atoms with Crippen molar-refractivity contribution < 1.29 is 4.79 Å². The van der Waals surface area contributed by atoms with Gasteiger partial charge in [0, 0.05) is 18.2 Å². The van der Waals surface area contributed by atoms with E-state index in [1.165, 1.54) is 0 Å². The summed E-state index contributed by atoms with van der Waals surface area (Å²) >= 11 is 0. The lowest BCUT2D eigenvalue weighted by molar-refractivity contribution is 0.170. The van der Waals surface area contributed by atoms with Crippen molar-refractivity contribution in [3.8, 4) is 0 Å². The number of benzene rings is 2. The number of nitrogens with one attached hydrogen (secondary N) is 2. The van der Waals surface area contributed by atoms with Crippen molar-refractivity contribution in [2.45, 2.75) is 51.7 Å². The van der Waals surface area contributed by atoms with Gasteiger partial charge in [-0.3, -0.25) is 4.79 Å². The SMILES string of the molecule is Cc1cccc2cc(CN(C(=O)NCc3ccccc3)C3CCCC3)c(=O)[nH]c12. The molecule has 0 radical (unpaired) electrons. The molecule has 1 aromatic heterocycles. The number of fused-ring (bicyclic) bond motifs is 1. The van der Waals surface area contributed by atoms with Crippen molar-refractivity contribution in [1.82, 2.24) is 15.2 Å². The highest BCUT2D eigenvalue weighted by atomic mass is 16.2. The molecule has 150 valence electrons. The molecule has 4 rings (SSSR count). The summed E-state index contributed by atoms with van der Waals surface area (Å²) in [5.41, 5.74) is 3.48. The molecule has 2 N–H and O–H groups in total. The van der Waals surface area contributed by atoms with Gasteiger partial charge in [-0.05, 0) is 42.3 Å². The minimum Gasteiger partial charge on any atom is -0.334 e. The Bertz CT molecular complexity index is 1050. The number of aromatic amines is 1. The van der Waals surface area contributed by atoms with E-state index in [1.54, 1.807) is 0 Å². The normalized spacial score (nSPS) is 14.2. The Morgan fingerprint density at radius 1 is 1.10 bits per heavy atom. The first-order chi connectivity index (χ1) is 14.1. The molecule has 1 fully saturated rings. The highest BCUT2D eigenvalue weighted by Crippen LogP contribution is 2.25. The zero-order chi connectivity index (χ0) is 20.2. The van der Waals surface area contributed by atoms with Crippen molar-refractivity contribution in [2.75, 3.05) is 0 Å². The number of carbonyl (C=O) groups is 1. The number of aromatic nitrogens is 1. The maximum absolute atomic E-state index is 13.0. The van der Waals surface area contributed by atoms with E-state index in [4.69, 9.17) is 0 Å². The lowest BCUT2D eigenvalue weighted by Gasteiger charge is -2.29. The van der Waals surface area contributed by atoms with Gasteiger partial charge in [-0.1, -0.05) is 61.4 Å². The van der Waals surface area contributed by atoms with Crippen LogP contribution in [0.5, 0.6) is 0 Å². The first kappa shape index (κ1) is 19.2. The first-order valence-electron chi connectivity index (χ1n) is 10.3. The summed E-state index contributed by atoms with van der Waals surface area (Å²) in [6.45, 7) is 2.79. The molecule has 1 aliphatic carbocycles. The summed E-state index contributed by atoms with van der Waals surface area (Å²) in [6, 6.07) is 17.9. The van der Waals surface area contributed by atoms with Crippen molar-refractivity contribution >= 4 is 16.9 Å². The molecule has 0 bridgehead atoms. The van der Waals surface area contributed by atoms with Gasteiger partial charge in [-0.2, -0.15) is 0 Å². The van der Waals surface area contributed by atoms with E-state index < -0.39 is 0 Å². The molecule has 0 atom stereocenters. The lowest BCUT2D eigenvalue weighted by Crippen LogP contribution is -2.45. The Hall–Kier alpha value is -3.08. The molecule has 5 nitrogen and oxygen atoms in total. The molecule has 29 heavy (non-hydrogen) atoms.